The van der Waals surface area contributed by atoms with Crippen molar-refractivity contribution in [1.82, 2.24) is 14.7 Å². The van der Waals surface area contributed by atoms with Gasteiger partial charge in [0, 0.05) is 37.4 Å². The van der Waals surface area contributed by atoms with Gasteiger partial charge in [0.15, 0.2) is 0 Å². The Labute approximate surface area is 136 Å². The number of aliphatic hydroxyl groups is 1. The summed E-state index contributed by atoms with van der Waals surface area (Å²) in [5, 5.41) is 14.5. The summed E-state index contributed by atoms with van der Waals surface area (Å²) in [6, 6.07) is 6.72. The van der Waals surface area contributed by atoms with Crippen LogP contribution in [0.4, 0.5) is 4.39 Å². The molecular weight excluding hydrogens is 293 g/mol. The number of hydrogen-bond acceptors (Lipinski definition) is 3. The Morgan fingerprint density at radius 1 is 1.30 bits per heavy atom. The second kappa shape index (κ2) is 6.81. The molecule has 2 heterocycles. The zero-order valence-corrected chi connectivity index (χ0v) is 13.7. The fraction of sp³-hybridized carbons (Fsp3) is 0.500. The molecule has 5 heteroatoms. The summed E-state index contributed by atoms with van der Waals surface area (Å²) in [5.74, 6) is 0.331. The minimum Gasteiger partial charge on any atom is -0.392 e. The largest absolute Gasteiger partial charge is 0.392 e. The van der Waals surface area contributed by atoms with Crippen molar-refractivity contribution in [3.8, 4) is 0 Å². The number of β-amino-alcohol motifs (C(OH)–C–C–N with tert-alkyl or cyclic N) is 1. The molecule has 2 atom stereocenters. The molecule has 0 aliphatic carbocycles. The van der Waals surface area contributed by atoms with E-state index < -0.39 is 0 Å². The minimum atomic E-state index is -0.337. The van der Waals surface area contributed by atoms with E-state index in [4.69, 9.17) is 0 Å². The maximum absolute atomic E-state index is 13.1. The first-order valence-electron chi connectivity index (χ1n) is 8.20. The van der Waals surface area contributed by atoms with E-state index in [9.17, 15) is 9.50 Å². The first-order chi connectivity index (χ1) is 11.0. The Kier molecular flexibility index (Phi) is 4.78. The summed E-state index contributed by atoms with van der Waals surface area (Å²) in [6.45, 7) is 6.63. The van der Waals surface area contributed by atoms with Gasteiger partial charge in [0.2, 0.25) is 0 Å². The lowest BCUT2D eigenvalue weighted by Gasteiger charge is -2.23. The maximum Gasteiger partial charge on any atom is 0.123 e. The Bertz CT molecular complexity index is 638. The van der Waals surface area contributed by atoms with Crippen LogP contribution in [0.15, 0.2) is 36.7 Å². The van der Waals surface area contributed by atoms with Gasteiger partial charge >= 0.3 is 0 Å². The zero-order chi connectivity index (χ0) is 16.4. The Morgan fingerprint density at radius 2 is 2.04 bits per heavy atom. The molecule has 4 nitrogen and oxygen atoms in total. The minimum absolute atomic E-state index is 0.124. The highest BCUT2D eigenvalue weighted by Crippen LogP contribution is 2.33. The fourth-order valence-corrected chi connectivity index (χ4v) is 3.28. The van der Waals surface area contributed by atoms with Gasteiger partial charge in [-0.2, -0.15) is 5.10 Å². The highest BCUT2D eigenvalue weighted by Gasteiger charge is 2.32. The monoisotopic (exact) mass is 317 g/mol. The average molecular weight is 317 g/mol. The highest BCUT2D eigenvalue weighted by atomic mass is 19.1. The van der Waals surface area contributed by atoms with Crippen LogP contribution in [0.5, 0.6) is 0 Å². The van der Waals surface area contributed by atoms with Crippen molar-refractivity contribution in [2.24, 2.45) is 5.92 Å². The van der Waals surface area contributed by atoms with E-state index in [1.54, 1.807) is 0 Å². The van der Waals surface area contributed by atoms with Gasteiger partial charge in [0.25, 0.3) is 0 Å². The van der Waals surface area contributed by atoms with Gasteiger partial charge in [0.05, 0.1) is 12.3 Å². The molecule has 124 valence electrons. The van der Waals surface area contributed by atoms with Crippen molar-refractivity contribution < 1.29 is 9.50 Å². The lowest BCUT2D eigenvalue weighted by molar-refractivity contribution is 0.172. The standard InChI is InChI=1S/C18H24FN3O/c1-13(2)9-22-11-14(8-20-22)10-21-12-17(23)7-18(21)15-3-5-16(19)6-4-15/h3-6,8,11,13,17-18,23H,7,9-10,12H2,1-2H3/t17-,18-/m0/s1. The lowest BCUT2D eigenvalue weighted by atomic mass is 10.0. The Balaban J connectivity index is 1.72. The van der Waals surface area contributed by atoms with Gasteiger partial charge in [-0.05, 0) is 30.0 Å². The van der Waals surface area contributed by atoms with Crippen LogP contribution >= 0.6 is 0 Å². The highest BCUT2D eigenvalue weighted by molar-refractivity contribution is 5.22. The van der Waals surface area contributed by atoms with Crippen molar-refractivity contribution >= 4 is 0 Å². The van der Waals surface area contributed by atoms with Crippen LogP contribution in [0, 0.1) is 11.7 Å². The fourth-order valence-electron chi connectivity index (χ4n) is 3.28. The molecule has 1 aromatic heterocycles. The Morgan fingerprint density at radius 3 is 2.74 bits per heavy atom. The van der Waals surface area contributed by atoms with Crippen LogP contribution in [0.3, 0.4) is 0 Å². The molecule has 1 fully saturated rings. The number of halogens is 1. The number of likely N-dealkylation sites (tertiary alicyclic amines) is 1. The average Bonchev–Trinajstić information content (AvgIpc) is 3.06. The topological polar surface area (TPSA) is 41.3 Å². The van der Waals surface area contributed by atoms with Gasteiger partial charge in [-0.25, -0.2) is 4.39 Å². The first-order valence-corrected chi connectivity index (χ1v) is 8.20. The van der Waals surface area contributed by atoms with Gasteiger partial charge in [-0.15, -0.1) is 0 Å². The van der Waals surface area contributed by atoms with Crippen LogP contribution in [0.2, 0.25) is 0 Å². The van der Waals surface area contributed by atoms with Crippen molar-refractivity contribution in [2.75, 3.05) is 6.54 Å². The molecule has 1 saturated heterocycles. The van der Waals surface area contributed by atoms with Gasteiger partial charge in [-0.1, -0.05) is 26.0 Å². The van der Waals surface area contributed by atoms with E-state index >= 15 is 0 Å². The molecule has 0 radical (unpaired) electrons. The summed E-state index contributed by atoms with van der Waals surface area (Å²) < 4.78 is 15.1. The molecule has 1 aromatic carbocycles. The smallest absolute Gasteiger partial charge is 0.123 e. The van der Waals surface area contributed by atoms with E-state index in [-0.39, 0.29) is 18.0 Å². The van der Waals surface area contributed by atoms with E-state index in [0.29, 0.717) is 18.9 Å². The molecule has 3 rings (SSSR count). The van der Waals surface area contributed by atoms with Crippen molar-refractivity contribution in [2.45, 2.75) is 45.5 Å². The van der Waals surface area contributed by atoms with E-state index in [2.05, 4.69) is 30.0 Å². The molecule has 1 aliphatic rings. The van der Waals surface area contributed by atoms with Crippen molar-refractivity contribution in [3.63, 3.8) is 0 Å². The molecule has 2 aromatic rings. The molecule has 1 N–H and O–H groups in total. The molecule has 0 saturated carbocycles. The summed E-state index contributed by atoms with van der Waals surface area (Å²) in [4.78, 5) is 2.24. The van der Waals surface area contributed by atoms with E-state index in [1.807, 2.05) is 23.0 Å². The second-order valence-electron chi connectivity index (χ2n) is 6.85. The maximum atomic E-state index is 13.1. The third kappa shape index (κ3) is 3.98. The van der Waals surface area contributed by atoms with Gasteiger partial charge in [0.1, 0.15) is 5.82 Å². The molecule has 0 amide bonds. The molecule has 0 spiro atoms. The number of nitrogens with zero attached hydrogens (tertiary/aromatic N) is 3. The number of aromatic nitrogens is 2. The second-order valence-corrected chi connectivity index (χ2v) is 6.85. The van der Waals surface area contributed by atoms with Crippen LogP contribution in [-0.4, -0.2) is 32.4 Å². The SMILES string of the molecule is CC(C)Cn1cc(CN2C[C@@H](O)C[C@H]2c2ccc(F)cc2)cn1. The number of rotatable bonds is 5. The van der Waals surface area contributed by atoms with E-state index in [1.165, 1.54) is 12.1 Å². The van der Waals surface area contributed by atoms with Gasteiger partial charge < -0.3 is 5.11 Å². The quantitative estimate of drug-likeness (QED) is 0.922. The summed E-state index contributed by atoms with van der Waals surface area (Å²) in [6.07, 6.45) is 4.32. The summed E-state index contributed by atoms with van der Waals surface area (Å²) >= 11 is 0. The first kappa shape index (κ1) is 16.1. The number of aliphatic hydroxyl groups excluding tert-OH is 1. The number of benzene rings is 1. The third-order valence-corrected chi connectivity index (χ3v) is 4.26. The molecule has 1 aliphatic heterocycles. The van der Waals surface area contributed by atoms with Crippen LogP contribution in [-0.2, 0) is 13.1 Å². The Hall–Kier alpha value is -1.72. The summed E-state index contributed by atoms with van der Waals surface area (Å²) in [5.41, 5.74) is 2.20. The van der Waals surface area contributed by atoms with Crippen molar-refractivity contribution in [1.29, 1.82) is 0 Å². The normalized spacial score (nSPS) is 22.1. The lowest BCUT2D eigenvalue weighted by Crippen LogP contribution is -2.24. The van der Waals surface area contributed by atoms with E-state index in [0.717, 1.165) is 24.2 Å². The van der Waals surface area contributed by atoms with Crippen LogP contribution in [0.1, 0.15) is 37.4 Å². The molecule has 23 heavy (non-hydrogen) atoms. The number of hydrogen-bond donors (Lipinski definition) is 1. The third-order valence-electron chi connectivity index (χ3n) is 4.26. The summed E-state index contributed by atoms with van der Waals surface area (Å²) in [7, 11) is 0. The zero-order valence-electron chi connectivity index (χ0n) is 13.7. The van der Waals surface area contributed by atoms with Crippen LogP contribution in [0.25, 0.3) is 0 Å². The van der Waals surface area contributed by atoms with Gasteiger partial charge in [-0.3, -0.25) is 9.58 Å². The van der Waals surface area contributed by atoms with Crippen molar-refractivity contribution in [3.05, 3.63) is 53.6 Å². The molecule has 0 bridgehead atoms. The predicted octanol–water partition coefficient (Wildman–Crippen LogP) is 2.99. The molecular formula is C18H24FN3O. The van der Waals surface area contributed by atoms with Crippen LogP contribution < -0.4 is 0 Å². The predicted molar refractivity (Wildman–Crippen MR) is 87.2 cm³/mol. The molecule has 0 unspecified atom stereocenters.